The molecule has 2 heterocycles. The zero-order valence-electron chi connectivity index (χ0n) is 23.8. The van der Waals surface area contributed by atoms with Crippen LogP contribution in [-0.2, 0) is 0 Å². The van der Waals surface area contributed by atoms with E-state index in [1.165, 1.54) is 5.56 Å². The Balaban J connectivity index is 1.25. The third kappa shape index (κ3) is 4.47. The van der Waals surface area contributed by atoms with Crippen molar-refractivity contribution in [3.05, 3.63) is 131 Å². The summed E-state index contributed by atoms with van der Waals surface area (Å²) in [6, 6.07) is 36.8. The van der Waals surface area contributed by atoms with E-state index in [9.17, 15) is 5.11 Å². The summed E-state index contributed by atoms with van der Waals surface area (Å²) in [7, 11) is 6.19. The maximum atomic E-state index is 10.3. The van der Waals surface area contributed by atoms with Crippen molar-refractivity contribution in [2.75, 3.05) is 31.1 Å². The number of hydrogen-bond acceptors (Lipinski definition) is 5. The van der Waals surface area contributed by atoms with Crippen LogP contribution in [0.3, 0.4) is 0 Å². The SMILES string of the molecule is CN(C)c1ccc(/C=c2\c3n(c4ccc(O)cc24)N(C)C(c2ccc(N=Nc4cccc5ccccc45)cc2)C=3)cc1. The summed E-state index contributed by atoms with van der Waals surface area (Å²) in [5.41, 5.74) is 6.16. The predicted molar refractivity (Wildman–Crippen MR) is 173 cm³/mol. The fourth-order valence-electron chi connectivity index (χ4n) is 5.83. The average Bonchev–Trinajstić information content (AvgIpc) is 3.50. The number of rotatable bonds is 5. The first kappa shape index (κ1) is 25.6. The van der Waals surface area contributed by atoms with E-state index in [-0.39, 0.29) is 11.8 Å². The number of aromatic nitrogens is 1. The lowest BCUT2D eigenvalue weighted by atomic mass is 10.1. The lowest BCUT2D eigenvalue weighted by Crippen LogP contribution is -2.35. The van der Waals surface area contributed by atoms with E-state index >= 15 is 0 Å². The fraction of sp³-hybridized carbons (Fsp3) is 0.111. The molecule has 1 N–H and O–H groups in total. The molecule has 0 saturated carbocycles. The monoisotopic (exact) mass is 549 g/mol. The Labute approximate surface area is 244 Å². The molecule has 6 aromatic rings. The molecule has 5 aromatic carbocycles. The number of nitrogens with zero attached hydrogens (tertiary/aromatic N) is 5. The molecule has 0 saturated heterocycles. The van der Waals surface area contributed by atoms with E-state index in [1.54, 1.807) is 6.07 Å². The van der Waals surface area contributed by atoms with Gasteiger partial charge in [0.1, 0.15) is 5.75 Å². The Morgan fingerprint density at radius 3 is 2.33 bits per heavy atom. The number of fused-ring (bicyclic) bond motifs is 4. The van der Waals surface area contributed by atoms with Crippen molar-refractivity contribution in [3.63, 3.8) is 0 Å². The van der Waals surface area contributed by atoms with Gasteiger partial charge in [-0.3, -0.25) is 4.68 Å². The van der Waals surface area contributed by atoms with Crippen molar-refractivity contribution in [1.29, 1.82) is 0 Å². The molecular formula is C36H31N5O. The highest BCUT2D eigenvalue weighted by atomic mass is 16.3. The number of aromatic hydroxyl groups is 1. The van der Waals surface area contributed by atoms with Gasteiger partial charge in [0, 0.05) is 42.8 Å². The predicted octanol–water partition coefficient (Wildman–Crippen LogP) is 6.91. The zero-order valence-corrected chi connectivity index (χ0v) is 23.8. The molecule has 6 nitrogen and oxygen atoms in total. The van der Waals surface area contributed by atoms with E-state index in [1.807, 2.05) is 62.6 Å². The minimum Gasteiger partial charge on any atom is -0.508 e. The number of hydrogen-bond donors (Lipinski definition) is 1. The summed E-state index contributed by atoms with van der Waals surface area (Å²) in [5.74, 6) is 0.261. The maximum Gasteiger partial charge on any atom is 0.116 e. The number of anilines is 1. The Kier molecular flexibility index (Phi) is 6.24. The van der Waals surface area contributed by atoms with Gasteiger partial charge in [0.05, 0.1) is 28.3 Å². The average molecular weight is 550 g/mol. The van der Waals surface area contributed by atoms with Gasteiger partial charge in [0.2, 0.25) is 0 Å². The quantitative estimate of drug-likeness (QED) is 0.238. The molecular weight excluding hydrogens is 518 g/mol. The smallest absolute Gasteiger partial charge is 0.116 e. The standard InChI is InChI=1S/C36H31N5O/c1-39(2)28-17-11-24(12-18-28)21-31-32-22-29(42)19-20-34(32)41-36(31)23-35(40(41)3)26-13-15-27(16-14-26)37-38-33-10-6-8-25-7-4-5-9-30(25)33/h4-23,35,42H,1-3H3/b31-21-,38-37?. The van der Waals surface area contributed by atoms with Crippen LogP contribution in [0.2, 0.25) is 0 Å². The van der Waals surface area contributed by atoms with Crippen LogP contribution in [0.15, 0.2) is 119 Å². The molecule has 7 rings (SSSR count). The number of benzene rings is 5. The Hall–Kier alpha value is -5.36. The van der Waals surface area contributed by atoms with Crippen LogP contribution in [0.4, 0.5) is 17.1 Å². The molecule has 6 heteroatoms. The maximum absolute atomic E-state index is 10.3. The van der Waals surface area contributed by atoms with Crippen molar-refractivity contribution in [3.8, 4) is 5.75 Å². The van der Waals surface area contributed by atoms with Gasteiger partial charge >= 0.3 is 0 Å². The first-order valence-corrected chi connectivity index (χ1v) is 14.0. The van der Waals surface area contributed by atoms with Gasteiger partial charge in [0.15, 0.2) is 0 Å². The van der Waals surface area contributed by atoms with Crippen molar-refractivity contribution in [2.45, 2.75) is 6.04 Å². The number of azo groups is 1. The second kappa shape index (κ2) is 10.2. The number of phenols is 1. The summed E-state index contributed by atoms with van der Waals surface area (Å²) in [6.45, 7) is 0. The van der Waals surface area contributed by atoms with Gasteiger partial charge in [-0.15, -0.1) is 5.11 Å². The Morgan fingerprint density at radius 2 is 1.55 bits per heavy atom. The lowest BCUT2D eigenvalue weighted by Gasteiger charge is -2.25. The highest BCUT2D eigenvalue weighted by Gasteiger charge is 2.25. The van der Waals surface area contributed by atoms with Crippen molar-refractivity contribution in [2.24, 2.45) is 10.2 Å². The van der Waals surface area contributed by atoms with E-state index < -0.39 is 0 Å². The van der Waals surface area contributed by atoms with Gasteiger partial charge in [-0.25, -0.2) is 0 Å². The van der Waals surface area contributed by atoms with Crippen LogP contribution in [0, 0.1) is 0 Å². The van der Waals surface area contributed by atoms with E-state index in [0.29, 0.717) is 0 Å². The van der Waals surface area contributed by atoms with Gasteiger partial charge in [-0.2, -0.15) is 5.11 Å². The van der Waals surface area contributed by atoms with Crippen LogP contribution in [0.1, 0.15) is 17.2 Å². The van der Waals surface area contributed by atoms with Gasteiger partial charge < -0.3 is 15.0 Å². The molecule has 0 fully saturated rings. The number of phenolic OH excluding ortho intramolecular Hbond substituents is 1. The summed E-state index contributed by atoms with van der Waals surface area (Å²) < 4.78 is 2.24. The van der Waals surface area contributed by atoms with E-state index in [2.05, 4.69) is 98.6 Å². The zero-order chi connectivity index (χ0) is 28.8. The summed E-state index contributed by atoms with van der Waals surface area (Å²) in [4.78, 5) is 2.09. The molecule has 0 aliphatic carbocycles. The molecule has 0 spiro atoms. The van der Waals surface area contributed by atoms with Gasteiger partial charge in [-0.05, 0) is 77.2 Å². The van der Waals surface area contributed by atoms with Crippen molar-refractivity contribution < 1.29 is 5.11 Å². The minimum atomic E-state index is 0.0468. The van der Waals surface area contributed by atoms with Crippen LogP contribution in [-0.4, -0.2) is 30.9 Å². The third-order valence-electron chi connectivity index (χ3n) is 8.03. The fourth-order valence-corrected chi connectivity index (χ4v) is 5.83. The summed E-state index contributed by atoms with van der Waals surface area (Å²) >= 11 is 0. The van der Waals surface area contributed by atoms with E-state index in [4.69, 9.17) is 0 Å². The lowest BCUT2D eigenvalue weighted by molar-refractivity contribution is 0.476. The Morgan fingerprint density at radius 1 is 0.786 bits per heavy atom. The van der Waals surface area contributed by atoms with Gasteiger partial charge in [0.25, 0.3) is 0 Å². The minimum absolute atomic E-state index is 0.0468. The molecule has 1 unspecified atom stereocenters. The molecule has 1 aromatic heterocycles. The largest absolute Gasteiger partial charge is 0.508 e. The highest BCUT2D eigenvalue weighted by molar-refractivity contribution is 5.92. The molecule has 0 bridgehead atoms. The van der Waals surface area contributed by atoms with E-state index in [0.717, 1.165) is 54.9 Å². The molecule has 0 amide bonds. The van der Waals surface area contributed by atoms with Crippen LogP contribution < -0.4 is 20.5 Å². The third-order valence-corrected chi connectivity index (χ3v) is 8.03. The Bertz CT molecular complexity index is 2090. The normalized spacial score (nSPS) is 15.1. The van der Waals surface area contributed by atoms with Gasteiger partial charge in [-0.1, -0.05) is 60.7 Å². The van der Waals surface area contributed by atoms with Crippen molar-refractivity contribution >= 4 is 50.9 Å². The van der Waals surface area contributed by atoms with Crippen LogP contribution in [0.25, 0.3) is 33.8 Å². The highest BCUT2D eigenvalue weighted by Crippen LogP contribution is 2.30. The van der Waals surface area contributed by atoms with Crippen LogP contribution >= 0.6 is 0 Å². The first-order valence-electron chi connectivity index (χ1n) is 14.0. The second-order valence-electron chi connectivity index (χ2n) is 10.9. The molecule has 0 radical (unpaired) electrons. The molecule has 42 heavy (non-hydrogen) atoms. The molecule has 1 aliphatic heterocycles. The molecule has 206 valence electrons. The summed E-state index contributed by atoms with van der Waals surface area (Å²) in [6.07, 6.45) is 4.50. The second-order valence-corrected chi connectivity index (χ2v) is 10.9. The topological polar surface area (TPSA) is 56.4 Å². The summed E-state index contributed by atoms with van der Waals surface area (Å²) in [5, 5.41) is 27.1. The molecule has 1 aliphatic rings. The molecule has 1 atom stereocenters. The van der Waals surface area contributed by atoms with Crippen LogP contribution in [0.5, 0.6) is 5.75 Å². The van der Waals surface area contributed by atoms with Crippen molar-refractivity contribution in [1.82, 2.24) is 4.68 Å². The first-order chi connectivity index (χ1) is 20.5.